The number of benzene rings is 1. The maximum absolute atomic E-state index is 12.3. The van der Waals surface area contributed by atoms with Crippen molar-refractivity contribution >= 4 is 15.9 Å². The number of nitrogens with zero attached hydrogens (tertiary/aromatic N) is 2. The van der Waals surface area contributed by atoms with Gasteiger partial charge in [-0.15, -0.1) is 0 Å². The number of likely N-dealkylation sites (tertiary alicyclic amines) is 1. The molecule has 1 atom stereocenters. The van der Waals surface area contributed by atoms with Gasteiger partial charge < -0.3 is 14.4 Å². The standard InChI is InChI=1S/C18H26N2O5S/c1-18(11-14-4-5-15-16(10-14)25-13-24-15)7-6-17(21)20(12-18)9-8-19(2)26(3,22)23/h4-5,10H,6-9,11-13H2,1-3H3. The van der Waals surface area contributed by atoms with E-state index in [1.165, 1.54) is 17.6 Å². The highest BCUT2D eigenvalue weighted by atomic mass is 32.2. The fraction of sp³-hybridized carbons (Fsp3) is 0.611. The minimum atomic E-state index is -3.23. The zero-order valence-electron chi connectivity index (χ0n) is 15.5. The molecule has 0 saturated carbocycles. The van der Waals surface area contributed by atoms with E-state index in [1.54, 1.807) is 4.90 Å². The lowest BCUT2D eigenvalue weighted by atomic mass is 9.76. The van der Waals surface area contributed by atoms with Crippen LogP contribution in [0.5, 0.6) is 11.5 Å². The Morgan fingerprint density at radius 2 is 2.00 bits per heavy atom. The molecule has 0 N–H and O–H groups in total. The molecule has 1 aromatic carbocycles. The molecule has 0 bridgehead atoms. The van der Waals surface area contributed by atoms with Gasteiger partial charge >= 0.3 is 0 Å². The largest absolute Gasteiger partial charge is 0.454 e. The van der Waals surface area contributed by atoms with Crippen molar-refractivity contribution in [2.45, 2.75) is 26.2 Å². The van der Waals surface area contributed by atoms with Gasteiger partial charge in [-0.2, -0.15) is 0 Å². The van der Waals surface area contributed by atoms with E-state index in [-0.39, 0.29) is 18.1 Å². The Morgan fingerprint density at radius 3 is 2.73 bits per heavy atom. The van der Waals surface area contributed by atoms with Crippen LogP contribution in [0.25, 0.3) is 0 Å². The van der Waals surface area contributed by atoms with Crippen molar-refractivity contribution in [3.05, 3.63) is 23.8 Å². The lowest BCUT2D eigenvalue weighted by Gasteiger charge is -2.41. The van der Waals surface area contributed by atoms with E-state index >= 15 is 0 Å². The number of sulfonamides is 1. The van der Waals surface area contributed by atoms with Crippen LogP contribution in [0.3, 0.4) is 0 Å². The lowest BCUT2D eigenvalue weighted by Crippen LogP contribution is -2.48. The molecule has 144 valence electrons. The SMILES string of the molecule is CN(CCN1CC(C)(Cc2ccc3c(c2)OCO3)CCC1=O)S(C)(=O)=O. The van der Waals surface area contributed by atoms with E-state index in [0.29, 0.717) is 26.1 Å². The van der Waals surface area contributed by atoms with Gasteiger partial charge in [0.15, 0.2) is 11.5 Å². The normalized spacial score (nSPS) is 22.9. The van der Waals surface area contributed by atoms with Crippen LogP contribution in [0.15, 0.2) is 18.2 Å². The second-order valence-electron chi connectivity index (χ2n) is 7.57. The lowest BCUT2D eigenvalue weighted by molar-refractivity contribution is -0.137. The van der Waals surface area contributed by atoms with Crippen LogP contribution in [0.1, 0.15) is 25.3 Å². The Bertz CT molecular complexity index is 795. The predicted molar refractivity (Wildman–Crippen MR) is 97.7 cm³/mol. The summed E-state index contributed by atoms with van der Waals surface area (Å²) in [5.74, 6) is 1.63. The maximum Gasteiger partial charge on any atom is 0.231 e. The van der Waals surface area contributed by atoms with Gasteiger partial charge in [0.25, 0.3) is 0 Å². The van der Waals surface area contributed by atoms with Gasteiger partial charge in [0, 0.05) is 33.1 Å². The summed E-state index contributed by atoms with van der Waals surface area (Å²) < 4.78 is 35.2. The molecule has 7 nitrogen and oxygen atoms in total. The fourth-order valence-corrected chi connectivity index (χ4v) is 3.93. The van der Waals surface area contributed by atoms with Gasteiger partial charge in [0.1, 0.15) is 0 Å². The van der Waals surface area contributed by atoms with E-state index in [9.17, 15) is 13.2 Å². The van der Waals surface area contributed by atoms with Gasteiger partial charge in [0.05, 0.1) is 6.26 Å². The molecule has 0 spiro atoms. The van der Waals surface area contributed by atoms with Crippen LogP contribution >= 0.6 is 0 Å². The van der Waals surface area contributed by atoms with Gasteiger partial charge in [-0.05, 0) is 36.0 Å². The topological polar surface area (TPSA) is 76.2 Å². The first-order valence-corrected chi connectivity index (χ1v) is 10.6. The van der Waals surface area contributed by atoms with E-state index in [2.05, 4.69) is 6.92 Å². The highest BCUT2D eigenvalue weighted by Crippen LogP contribution is 2.37. The van der Waals surface area contributed by atoms with Crippen LogP contribution in [0.2, 0.25) is 0 Å². The molecule has 1 unspecified atom stereocenters. The number of carbonyl (C=O) groups is 1. The highest BCUT2D eigenvalue weighted by molar-refractivity contribution is 7.88. The molecule has 2 aliphatic heterocycles. The van der Waals surface area contributed by atoms with Crippen molar-refractivity contribution in [2.75, 3.05) is 39.7 Å². The summed E-state index contributed by atoms with van der Waals surface area (Å²) in [5, 5.41) is 0. The third-order valence-electron chi connectivity index (χ3n) is 5.19. The number of rotatable bonds is 6. The van der Waals surface area contributed by atoms with Crippen LogP contribution in [-0.4, -0.2) is 63.3 Å². The first-order chi connectivity index (χ1) is 12.2. The monoisotopic (exact) mass is 382 g/mol. The second kappa shape index (κ2) is 7.08. The van der Waals surface area contributed by atoms with Gasteiger partial charge in [-0.25, -0.2) is 12.7 Å². The molecule has 3 rings (SSSR count). The van der Waals surface area contributed by atoms with E-state index in [4.69, 9.17) is 9.47 Å². The average Bonchev–Trinajstić information content (AvgIpc) is 3.02. The number of amides is 1. The number of hydrogen-bond acceptors (Lipinski definition) is 5. The molecule has 2 heterocycles. The minimum absolute atomic E-state index is 0.0503. The van der Waals surface area contributed by atoms with Crippen molar-refractivity contribution in [3.8, 4) is 11.5 Å². The summed E-state index contributed by atoms with van der Waals surface area (Å²) in [4.78, 5) is 14.1. The Hall–Kier alpha value is -1.80. The summed E-state index contributed by atoms with van der Waals surface area (Å²) >= 11 is 0. The van der Waals surface area contributed by atoms with Gasteiger partial charge in [-0.3, -0.25) is 4.79 Å². The number of ether oxygens (including phenoxy) is 2. The van der Waals surface area contributed by atoms with Crippen molar-refractivity contribution in [2.24, 2.45) is 5.41 Å². The first kappa shape index (κ1) is 19.0. The number of likely N-dealkylation sites (N-methyl/N-ethyl adjacent to an activating group) is 1. The van der Waals surface area contributed by atoms with Crippen molar-refractivity contribution in [1.82, 2.24) is 9.21 Å². The average molecular weight is 382 g/mol. The van der Waals surface area contributed by atoms with E-state index < -0.39 is 10.0 Å². The summed E-state index contributed by atoms with van der Waals surface area (Å²) in [6.07, 6.45) is 3.31. The zero-order valence-corrected chi connectivity index (χ0v) is 16.3. The number of carbonyl (C=O) groups excluding carboxylic acids is 1. The summed E-state index contributed by atoms with van der Waals surface area (Å²) in [6.45, 7) is 3.78. The molecule has 0 radical (unpaired) electrons. The van der Waals surface area contributed by atoms with Crippen LogP contribution in [0, 0.1) is 5.41 Å². The zero-order chi connectivity index (χ0) is 18.9. The summed E-state index contributed by atoms with van der Waals surface area (Å²) in [5.41, 5.74) is 1.10. The number of fused-ring (bicyclic) bond motifs is 1. The van der Waals surface area contributed by atoms with Crippen molar-refractivity contribution < 1.29 is 22.7 Å². The third-order valence-corrected chi connectivity index (χ3v) is 6.50. The molecule has 0 aromatic heterocycles. The molecule has 1 aromatic rings. The fourth-order valence-electron chi connectivity index (χ4n) is 3.51. The number of hydrogen-bond donors (Lipinski definition) is 0. The molecular weight excluding hydrogens is 356 g/mol. The molecule has 1 amide bonds. The van der Waals surface area contributed by atoms with Crippen LogP contribution in [0.4, 0.5) is 0 Å². The molecule has 0 aliphatic carbocycles. The summed E-state index contributed by atoms with van der Waals surface area (Å²) in [6, 6.07) is 5.97. The maximum atomic E-state index is 12.3. The Morgan fingerprint density at radius 1 is 1.27 bits per heavy atom. The smallest absolute Gasteiger partial charge is 0.231 e. The molecule has 26 heavy (non-hydrogen) atoms. The van der Waals surface area contributed by atoms with E-state index in [1.807, 2.05) is 18.2 Å². The predicted octanol–water partition coefficient (Wildman–Crippen LogP) is 1.48. The van der Waals surface area contributed by atoms with Crippen molar-refractivity contribution in [1.29, 1.82) is 0 Å². The first-order valence-electron chi connectivity index (χ1n) is 8.74. The Kier molecular flexibility index (Phi) is 5.16. The highest BCUT2D eigenvalue weighted by Gasteiger charge is 2.35. The second-order valence-corrected chi connectivity index (χ2v) is 9.66. The van der Waals surface area contributed by atoms with Crippen LogP contribution in [-0.2, 0) is 21.2 Å². The molecule has 1 saturated heterocycles. The molecular formula is C18H26N2O5S. The van der Waals surface area contributed by atoms with E-state index in [0.717, 1.165) is 29.9 Å². The van der Waals surface area contributed by atoms with Crippen molar-refractivity contribution in [3.63, 3.8) is 0 Å². The Labute approximate surface area is 154 Å². The Balaban J connectivity index is 1.65. The van der Waals surface area contributed by atoms with Gasteiger partial charge in [-0.1, -0.05) is 13.0 Å². The quantitative estimate of drug-likeness (QED) is 0.745. The molecule has 2 aliphatic rings. The molecule has 1 fully saturated rings. The number of piperidine rings is 1. The minimum Gasteiger partial charge on any atom is -0.454 e. The third kappa shape index (κ3) is 4.29. The van der Waals surface area contributed by atoms with Gasteiger partial charge in [0.2, 0.25) is 22.7 Å². The molecule has 8 heteroatoms. The summed E-state index contributed by atoms with van der Waals surface area (Å²) in [7, 11) is -1.70. The van der Waals surface area contributed by atoms with Crippen LogP contribution < -0.4 is 9.47 Å².